The predicted octanol–water partition coefficient (Wildman–Crippen LogP) is 3.66. The van der Waals surface area contributed by atoms with E-state index in [1.54, 1.807) is 12.1 Å². The molecule has 1 aliphatic carbocycles. The molecule has 0 aliphatic heterocycles. The van der Waals surface area contributed by atoms with Crippen molar-refractivity contribution in [1.29, 1.82) is 0 Å². The molecule has 0 unspecified atom stereocenters. The largest absolute Gasteiger partial charge is 0.483 e. The second kappa shape index (κ2) is 5.98. The molecule has 98 valence electrons. The number of hydrogen-bond acceptors (Lipinski definition) is 2. The van der Waals surface area contributed by atoms with Crippen LogP contribution in [-0.4, -0.2) is 12.4 Å². The topological polar surface area (TPSA) is 26.3 Å². The van der Waals surface area contributed by atoms with E-state index in [0.717, 1.165) is 31.2 Å². The van der Waals surface area contributed by atoms with Crippen molar-refractivity contribution in [1.82, 2.24) is 0 Å². The molecule has 0 radical (unpaired) electrons. The fourth-order valence-corrected chi connectivity index (χ4v) is 2.41. The van der Waals surface area contributed by atoms with Crippen molar-refractivity contribution in [2.24, 2.45) is 5.92 Å². The first-order valence-electron chi connectivity index (χ1n) is 6.58. The van der Waals surface area contributed by atoms with Gasteiger partial charge in [-0.05, 0) is 37.5 Å². The van der Waals surface area contributed by atoms with Crippen LogP contribution in [0.25, 0.3) is 0 Å². The minimum atomic E-state index is -0.406. The van der Waals surface area contributed by atoms with Gasteiger partial charge in [-0.3, -0.25) is 4.79 Å². The van der Waals surface area contributed by atoms with Crippen LogP contribution in [0.3, 0.4) is 0 Å². The van der Waals surface area contributed by atoms with E-state index < -0.39 is 5.82 Å². The average molecular weight is 250 g/mol. The Labute approximate surface area is 107 Å². The molecule has 0 spiro atoms. The maximum Gasteiger partial charge on any atom is 0.173 e. The molecule has 3 heteroatoms. The summed E-state index contributed by atoms with van der Waals surface area (Å²) in [6.07, 6.45) is 5.37. The van der Waals surface area contributed by atoms with Gasteiger partial charge in [-0.1, -0.05) is 25.3 Å². The molecule has 18 heavy (non-hydrogen) atoms. The Bertz CT molecular complexity index is 423. The van der Waals surface area contributed by atoms with Crippen molar-refractivity contribution in [3.8, 4) is 5.75 Å². The summed E-state index contributed by atoms with van der Waals surface area (Å²) in [5, 5.41) is 0. The van der Waals surface area contributed by atoms with Crippen LogP contribution in [0, 0.1) is 18.7 Å². The molecule has 1 fully saturated rings. The maximum absolute atomic E-state index is 13.4. The van der Waals surface area contributed by atoms with Crippen LogP contribution < -0.4 is 4.74 Å². The highest BCUT2D eigenvalue weighted by Gasteiger charge is 2.21. The van der Waals surface area contributed by atoms with E-state index in [1.807, 2.05) is 6.92 Å². The summed E-state index contributed by atoms with van der Waals surface area (Å²) in [5.41, 5.74) is 0.927. The van der Waals surface area contributed by atoms with E-state index >= 15 is 0 Å². The number of ketones is 1. The Morgan fingerprint density at radius 2 is 2.06 bits per heavy atom. The lowest BCUT2D eigenvalue weighted by Crippen LogP contribution is -2.23. The quantitative estimate of drug-likeness (QED) is 0.815. The van der Waals surface area contributed by atoms with E-state index in [4.69, 9.17) is 4.74 Å². The highest BCUT2D eigenvalue weighted by molar-refractivity contribution is 5.82. The second-order valence-electron chi connectivity index (χ2n) is 5.02. The first-order chi connectivity index (χ1) is 8.66. The Kier molecular flexibility index (Phi) is 4.34. The first kappa shape index (κ1) is 13.1. The van der Waals surface area contributed by atoms with Crippen LogP contribution in [0.2, 0.25) is 0 Å². The second-order valence-corrected chi connectivity index (χ2v) is 5.02. The van der Waals surface area contributed by atoms with E-state index in [2.05, 4.69) is 0 Å². The number of ether oxygens (including phenoxy) is 1. The highest BCUT2D eigenvalue weighted by Crippen LogP contribution is 2.25. The molecular weight excluding hydrogens is 231 g/mol. The molecule has 2 nitrogen and oxygen atoms in total. The SMILES string of the molecule is Cc1ccc(F)c(OCC(=O)C2CCCCC2)c1. The highest BCUT2D eigenvalue weighted by atomic mass is 19.1. The zero-order chi connectivity index (χ0) is 13.0. The number of rotatable bonds is 4. The summed E-state index contributed by atoms with van der Waals surface area (Å²) in [7, 11) is 0. The first-order valence-corrected chi connectivity index (χ1v) is 6.58. The molecule has 0 N–H and O–H groups in total. The zero-order valence-corrected chi connectivity index (χ0v) is 10.7. The summed E-state index contributed by atoms with van der Waals surface area (Å²) in [4.78, 5) is 11.9. The Morgan fingerprint density at radius 1 is 1.33 bits per heavy atom. The number of aryl methyl sites for hydroxylation is 1. The zero-order valence-electron chi connectivity index (χ0n) is 10.7. The van der Waals surface area contributed by atoms with Gasteiger partial charge >= 0.3 is 0 Å². The summed E-state index contributed by atoms with van der Waals surface area (Å²) < 4.78 is 18.7. The summed E-state index contributed by atoms with van der Waals surface area (Å²) >= 11 is 0. The fourth-order valence-electron chi connectivity index (χ4n) is 2.41. The molecule has 1 saturated carbocycles. The molecule has 0 heterocycles. The van der Waals surface area contributed by atoms with Gasteiger partial charge in [0.05, 0.1) is 0 Å². The molecule has 1 aromatic rings. The van der Waals surface area contributed by atoms with E-state index in [9.17, 15) is 9.18 Å². The molecule has 2 rings (SSSR count). The van der Waals surface area contributed by atoms with Crippen molar-refractivity contribution in [2.75, 3.05) is 6.61 Å². The molecule has 0 saturated heterocycles. The van der Waals surface area contributed by atoms with Crippen molar-refractivity contribution < 1.29 is 13.9 Å². The lowest BCUT2D eigenvalue weighted by Gasteiger charge is -2.20. The van der Waals surface area contributed by atoms with Crippen molar-refractivity contribution in [3.05, 3.63) is 29.6 Å². The Hall–Kier alpha value is -1.38. The van der Waals surface area contributed by atoms with Gasteiger partial charge in [0.1, 0.15) is 6.61 Å². The van der Waals surface area contributed by atoms with E-state index in [-0.39, 0.29) is 24.1 Å². The lowest BCUT2D eigenvalue weighted by molar-refractivity contribution is -0.125. The van der Waals surface area contributed by atoms with Gasteiger partial charge in [-0.25, -0.2) is 4.39 Å². The molecule has 0 bridgehead atoms. The number of carbonyl (C=O) groups excluding carboxylic acids is 1. The predicted molar refractivity (Wildman–Crippen MR) is 68.2 cm³/mol. The minimum absolute atomic E-state index is 0.00889. The van der Waals surface area contributed by atoms with Gasteiger partial charge in [-0.15, -0.1) is 0 Å². The van der Waals surface area contributed by atoms with Crippen molar-refractivity contribution in [2.45, 2.75) is 39.0 Å². The van der Waals surface area contributed by atoms with Crippen LogP contribution in [0.15, 0.2) is 18.2 Å². The third-order valence-electron chi connectivity index (χ3n) is 3.52. The Balaban J connectivity index is 1.90. The summed E-state index contributed by atoms with van der Waals surface area (Å²) in [6.45, 7) is 1.86. The van der Waals surface area contributed by atoms with Gasteiger partial charge in [0.15, 0.2) is 17.3 Å². The summed E-state index contributed by atoms with van der Waals surface area (Å²) in [5.74, 6) is -0.00145. The van der Waals surface area contributed by atoms with Crippen molar-refractivity contribution in [3.63, 3.8) is 0 Å². The molecule has 0 atom stereocenters. The normalized spacial score (nSPS) is 16.6. The molecule has 0 aromatic heterocycles. The van der Waals surface area contributed by atoms with Gasteiger partial charge in [0, 0.05) is 5.92 Å². The molecular formula is C15H19FO2. The third-order valence-corrected chi connectivity index (χ3v) is 3.52. The van der Waals surface area contributed by atoms with Gasteiger partial charge in [0.2, 0.25) is 0 Å². The smallest absolute Gasteiger partial charge is 0.173 e. The number of benzene rings is 1. The molecule has 1 aliphatic rings. The lowest BCUT2D eigenvalue weighted by atomic mass is 9.86. The van der Waals surface area contributed by atoms with Gasteiger partial charge in [0.25, 0.3) is 0 Å². The Morgan fingerprint density at radius 3 is 2.78 bits per heavy atom. The number of Topliss-reactive ketones (excluding diaryl/α,β-unsaturated/α-hetero) is 1. The third kappa shape index (κ3) is 3.31. The van der Waals surface area contributed by atoms with Crippen LogP contribution >= 0.6 is 0 Å². The summed E-state index contributed by atoms with van der Waals surface area (Å²) in [6, 6.07) is 4.68. The average Bonchev–Trinajstić information content (AvgIpc) is 2.40. The number of halogens is 1. The van der Waals surface area contributed by atoms with Crippen LogP contribution in [0.4, 0.5) is 4.39 Å². The van der Waals surface area contributed by atoms with Crippen LogP contribution in [-0.2, 0) is 4.79 Å². The molecule has 0 amide bonds. The standard InChI is InChI=1S/C15H19FO2/c1-11-7-8-13(16)15(9-11)18-10-14(17)12-5-3-2-4-6-12/h7-9,12H,2-6,10H2,1H3. The van der Waals surface area contributed by atoms with Gasteiger partial charge in [-0.2, -0.15) is 0 Å². The number of hydrogen-bond donors (Lipinski definition) is 0. The van der Waals surface area contributed by atoms with E-state index in [0.29, 0.717) is 0 Å². The monoisotopic (exact) mass is 250 g/mol. The number of carbonyl (C=O) groups is 1. The fraction of sp³-hybridized carbons (Fsp3) is 0.533. The maximum atomic E-state index is 13.4. The minimum Gasteiger partial charge on any atom is -0.483 e. The molecule has 1 aromatic carbocycles. The van der Waals surface area contributed by atoms with Gasteiger partial charge < -0.3 is 4.74 Å². The van der Waals surface area contributed by atoms with E-state index in [1.165, 1.54) is 12.5 Å². The van der Waals surface area contributed by atoms with Crippen LogP contribution in [0.5, 0.6) is 5.75 Å². The van der Waals surface area contributed by atoms with Crippen molar-refractivity contribution >= 4 is 5.78 Å². The van der Waals surface area contributed by atoms with Crippen LogP contribution in [0.1, 0.15) is 37.7 Å².